The highest BCUT2D eigenvalue weighted by Gasteiger charge is 2.11. The Hall–Kier alpha value is -2.99. The van der Waals surface area contributed by atoms with E-state index in [2.05, 4.69) is 20.6 Å². The number of amides is 1. The summed E-state index contributed by atoms with van der Waals surface area (Å²) in [5.74, 6) is -0.753. The molecule has 0 aliphatic rings. The number of benzene rings is 2. The molecule has 0 fully saturated rings. The van der Waals surface area contributed by atoms with Gasteiger partial charge in [-0.05, 0) is 29.8 Å². The molecule has 1 heterocycles. The summed E-state index contributed by atoms with van der Waals surface area (Å²) in [7, 11) is 0. The van der Waals surface area contributed by atoms with Crippen LogP contribution in [0.5, 0.6) is 0 Å². The number of halogens is 2. The Kier molecular flexibility index (Phi) is 5.20. The molecule has 0 saturated carbocycles. The molecule has 0 bridgehead atoms. The van der Waals surface area contributed by atoms with Crippen LogP contribution in [-0.4, -0.2) is 15.9 Å². The van der Waals surface area contributed by atoms with Gasteiger partial charge in [-0.15, -0.1) is 0 Å². The van der Waals surface area contributed by atoms with Crippen LogP contribution < -0.4 is 10.6 Å². The summed E-state index contributed by atoms with van der Waals surface area (Å²) in [5.41, 5.74) is 1.10. The predicted molar refractivity (Wildman–Crippen MR) is 95.2 cm³/mol. The van der Waals surface area contributed by atoms with Crippen molar-refractivity contribution in [2.45, 2.75) is 6.54 Å². The first kappa shape index (κ1) is 16.9. The number of aromatic nitrogens is 2. The van der Waals surface area contributed by atoms with Gasteiger partial charge < -0.3 is 10.6 Å². The second-order valence-corrected chi connectivity index (χ2v) is 5.55. The normalized spacial score (nSPS) is 10.3. The van der Waals surface area contributed by atoms with Crippen molar-refractivity contribution in [1.29, 1.82) is 0 Å². The molecule has 126 valence electrons. The monoisotopic (exact) mass is 356 g/mol. The second-order valence-electron chi connectivity index (χ2n) is 5.14. The van der Waals surface area contributed by atoms with Crippen molar-refractivity contribution in [3.05, 3.63) is 82.9 Å². The molecule has 0 aliphatic carbocycles. The first-order valence-corrected chi connectivity index (χ1v) is 7.87. The lowest BCUT2D eigenvalue weighted by Gasteiger charge is -2.08. The number of carbonyl (C=O) groups excluding carboxylic acids is 1. The standard InChI is InChI=1S/C18H14ClFN4O/c19-13-6-2-1-5-12(13)11-22-18-21-10-9-16(24-18)17(25)23-15-8-4-3-7-14(15)20/h1-10H,11H2,(H,23,25)(H,21,22,24). The Labute approximate surface area is 148 Å². The van der Waals surface area contributed by atoms with Gasteiger partial charge >= 0.3 is 0 Å². The number of carbonyl (C=O) groups is 1. The van der Waals surface area contributed by atoms with E-state index in [1.165, 1.54) is 24.4 Å². The molecule has 0 spiro atoms. The Morgan fingerprint density at radius 3 is 2.64 bits per heavy atom. The lowest BCUT2D eigenvalue weighted by Crippen LogP contribution is -2.16. The molecule has 25 heavy (non-hydrogen) atoms. The Balaban J connectivity index is 1.70. The Bertz CT molecular complexity index is 904. The number of hydrogen-bond acceptors (Lipinski definition) is 4. The van der Waals surface area contributed by atoms with Gasteiger partial charge in [-0.3, -0.25) is 4.79 Å². The maximum atomic E-state index is 13.6. The van der Waals surface area contributed by atoms with E-state index < -0.39 is 11.7 Å². The maximum Gasteiger partial charge on any atom is 0.274 e. The number of nitrogens with one attached hydrogen (secondary N) is 2. The van der Waals surface area contributed by atoms with E-state index in [-0.39, 0.29) is 17.3 Å². The van der Waals surface area contributed by atoms with Gasteiger partial charge in [0.15, 0.2) is 0 Å². The summed E-state index contributed by atoms with van der Waals surface area (Å²) in [5, 5.41) is 6.12. The summed E-state index contributed by atoms with van der Waals surface area (Å²) < 4.78 is 13.6. The third kappa shape index (κ3) is 4.30. The van der Waals surface area contributed by atoms with Gasteiger partial charge in [0.05, 0.1) is 5.69 Å². The zero-order chi connectivity index (χ0) is 17.6. The van der Waals surface area contributed by atoms with Crippen LogP contribution in [0, 0.1) is 5.82 Å². The highest BCUT2D eigenvalue weighted by Crippen LogP contribution is 2.16. The SMILES string of the molecule is O=C(Nc1ccccc1F)c1ccnc(NCc2ccccc2Cl)n1. The zero-order valence-corrected chi connectivity index (χ0v) is 13.8. The van der Waals surface area contributed by atoms with Gasteiger partial charge in [0, 0.05) is 17.8 Å². The molecule has 5 nitrogen and oxygen atoms in total. The van der Waals surface area contributed by atoms with E-state index >= 15 is 0 Å². The van der Waals surface area contributed by atoms with Crippen LogP contribution in [0.15, 0.2) is 60.8 Å². The second kappa shape index (κ2) is 7.72. The van der Waals surface area contributed by atoms with Crippen LogP contribution in [0.1, 0.15) is 16.1 Å². The van der Waals surface area contributed by atoms with Crippen molar-refractivity contribution in [2.24, 2.45) is 0 Å². The van der Waals surface area contributed by atoms with Crippen LogP contribution in [0.25, 0.3) is 0 Å². The van der Waals surface area contributed by atoms with Gasteiger partial charge in [-0.1, -0.05) is 41.9 Å². The van der Waals surface area contributed by atoms with Crippen LogP contribution >= 0.6 is 11.6 Å². The fourth-order valence-corrected chi connectivity index (χ4v) is 2.34. The maximum absolute atomic E-state index is 13.6. The molecule has 0 aliphatic heterocycles. The third-order valence-electron chi connectivity index (χ3n) is 3.41. The number of anilines is 2. The molecule has 0 atom stereocenters. The quantitative estimate of drug-likeness (QED) is 0.721. The molecule has 0 unspecified atom stereocenters. The van der Waals surface area contributed by atoms with Crippen molar-refractivity contribution in [2.75, 3.05) is 10.6 Å². The van der Waals surface area contributed by atoms with Crippen LogP contribution in [0.4, 0.5) is 16.0 Å². The fraction of sp³-hybridized carbons (Fsp3) is 0.0556. The van der Waals surface area contributed by atoms with Crippen molar-refractivity contribution >= 4 is 29.1 Å². The van der Waals surface area contributed by atoms with Crippen molar-refractivity contribution in [1.82, 2.24) is 9.97 Å². The van der Waals surface area contributed by atoms with Crippen LogP contribution in [0.3, 0.4) is 0 Å². The third-order valence-corrected chi connectivity index (χ3v) is 3.77. The number of rotatable bonds is 5. The highest BCUT2D eigenvalue weighted by atomic mass is 35.5. The van der Waals surface area contributed by atoms with Crippen molar-refractivity contribution < 1.29 is 9.18 Å². The topological polar surface area (TPSA) is 66.9 Å². The minimum absolute atomic E-state index is 0.0942. The fourth-order valence-electron chi connectivity index (χ4n) is 2.14. The average molecular weight is 357 g/mol. The summed E-state index contributed by atoms with van der Waals surface area (Å²) >= 11 is 6.10. The summed E-state index contributed by atoms with van der Waals surface area (Å²) in [4.78, 5) is 20.4. The van der Waals surface area contributed by atoms with Gasteiger partial charge in [0.1, 0.15) is 11.5 Å². The molecule has 7 heteroatoms. The number of hydrogen-bond donors (Lipinski definition) is 2. The van der Waals surface area contributed by atoms with Gasteiger partial charge in [-0.25, -0.2) is 14.4 Å². The first-order chi connectivity index (χ1) is 12.1. The van der Waals surface area contributed by atoms with Gasteiger partial charge in [0.2, 0.25) is 5.95 Å². The summed E-state index contributed by atoms with van der Waals surface area (Å²) in [6.07, 6.45) is 1.46. The van der Waals surface area contributed by atoms with Crippen molar-refractivity contribution in [3.63, 3.8) is 0 Å². The van der Waals surface area contributed by atoms with E-state index in [1.807, 2.05) is 18.2 Å². The van der Waals surface area contributed by atoms with E-state index in [0.29, 0.717) is 11.6 Å². The smallest absolute Gasteiger partial charge is 0.274 e. The largest absolute Gasteiger partial charge is 0.350 e. The predicted octanol–water partition coefficient (Wildman–Crippen LogP) is 4.13. The minimum Gasteiger partial charge on any atom is -0.350 e. The molecule has 1 aromatic heterocycles. The molecule has 2 N–H and O–H groups in total. The molecular formula is C18H14ClFN4O. The molecule has 3 aromatic rings. The molecule has 0 radical (unpaired) electrons. The number of para-hydroxylation sites is 1. The van der Waals surface area contributed by atoms with E-state index in [0.717, 1.165) is 5.56 Å². The first-order valence-electron chi connectivity index (χ1n) is 7.49. The van der Waals surface area contributed by atoms with E-state index in [9.17, 15) is 9.18 Å². The molecule has 1 amide bonds. The van der Waals surface area contributed by atoms with Crippen LogP contribution in [0.2, 0.25) is 5.02 Å². The Morgan fingerprint density at radius 1 is 1.08 bits per heavy atom. The van der Waals surface area contributed by atoms with Crippen molar-refractivity contribution in [3.8, 4) is 0 Å². The van der Waals surface area contributed by atoms with Crippen LogP contribution in [-0.2, 0) is 6.54 Å². The molecular weight excluding hydrogens is 343 g/mol. The lowest BCUT2D eigenvalue weighted by molar-refractivity contribution is 0.102. The van der Waals surface area contributed by atoms with Gasteiger partial charge in [0.25, 0.3) is 5.91 Å². The minimum atomic E-state index is -0.520. The molecule has 0 saturated heterocycles. The Morgan fingerprint density at radius 2 is 1.84 bits per heavy atom. The highest BCUT2D eigenvalue weighted by molar-refractivity contribution is 6.31. The summed E-state index contributed by atoms with van der Waals surface area (Å²) in [6.45, 7) is 0.415. The zero-order valence-electron chi connectivity index (χ0n) is 13.0. The summed E-state index contributed by atoms with van der Waals surface area (Å²) in [6, 6.07) is 14.8. The molecule has 2 aromatic carbocycles. The van der Waals surface area contributed by atoms with E-state index in [1.54, 1.807) is 18.2 Å². The number of nitrogens with zero attached hydrogens (tertiary/aromatic N) is 2. The molecule has 3 rings (SSSR count). The van der Waals surface area contributed by atoms with Gasteiger partial charge in [-0.2, -0.15) is 0 Å². The van der Waals surface area contributed by atoms with E-state index in [4.69, 9.17) is 11.6 Å². The lowest BCUT2D eigenvalue weighted by atomic mass is 10.2. The average Bonchev–Trinajstić information content (AvgIpc) is 2.63.